The van der Waals surface area contributed by atoms with E-state index in [4.69, 9.17) is 4.74 Å². The molecule has 0 saturated heterocycles. The number of nitrogens with zero attached hydrogens (tertiary/aromatic N) is 1. The van der Waals surface area contributed by atoms with Crippen molar-refractivity contribution < 1.29 is 9.13 Å². The van der Waals surface area contributed by atoms with Gasteiger partial charge in [-0.15, -0.1) is 0 Å². The maximum Gasteiger partial charge on any atom is 0.255 e. The van der Waals surface area contributed by atoms with Gasteiger partial charge >= 0.3 is 0 Å². The van der Waals surface area contributed by atoms with E-state index < -0.39 is 5.82 Å². The largest absolute Gasteiger partial charge is 0.435 e. The highest BCUT2D eigenvalue weighted by atomic mass is 79.9. The molecule has 3 aromatic rings. The molecule has 1 aromatic heterocycles. The van der Waals surface area contributed by atoms with E-state index in [2.05, 4.69) is 36.8 Å². The Morgan fingerprint density at radius 3 is 2.65 bits per heavy atom. The lowest BCUT2D eigenvalue weighted by molar-refractivity contribution is 0.421. The third-order valence-corrected chi connectivity index (χ3v) is 4.06. The average Bonchev–Trinajstić information content (AvgIpc) is 2.45. The Morgan fingerprint density at radius 1 is 1.05 bits per heavy atom. The van der Waals surface area contributed by atoms with Crippen LogP contribution in [0.4, 0.5) is 4.39 Å². The molecule has 0 N–H and O–H groups in total. The van der Waals surface area contributed by atoms with E-state index in [-0.39, 0.29) is 5.88 Å². The summed E-state index contributed by atoms with van der Waals surface area (Å²) in [5.41, 5.74) is 0. The van der Waals surface area contributed by atoms with E-state index in [1.54, 1.807) is 6.07 Å². The summed E-state index contributed by atoms with van der Waals surface area (Å²) in [5, 5.41) is 2.08. The SMILES string of the molecule is Fc1cc(Br)cnc1Oc1ccc2ccccc2c1Br. The summed E-state index contributed by atoms with van der Waals surface area (Å²) in [4.78, 5) is 3.93. The van der Waals surface area contributed by atoms with Crippen LogP contribution in [-0.2, 0) is 0 Å². The molecule has 100 valence electrons. The normalized spacial score (nSPS) is 10.8. The first kappa shape index (κ1) is 13.5. The first-order valence-corrected chi connectivity index (χ1v) is 7.40. The van der Waals surface area contributed by atoms with Gasteiger partial charge in [0.1, 0.15) is 5.75 Å². The molecule has 3 rings (SSSR count). The molecule has 0 radical (unpaired) electrons. The van der Waals surface area contributed by atoms with Gasteiger partial charge in [-0.3, -0.25) is 0 Å². The summed E-state index contributed by atoms with van der Waals surface area (Å²) in [6, 6.07) is 12.9. The predicted octanol–water partition coefficient (Wildman–Crippen LogP) is 5.69. The Hall–Kier alpha value is -1.46. The Balaban J connectivity index is 2.04. The minimum atomic E-state index is -0.514. The number of ether oxygens (including phenoxy) is 1. The number of rotatable bonds is 2. The first-order chi connectivity index (χ1) is 9.65. The molecule has 0 amide bonds. The second kappa shape index (κ2) is 5.50. The van der Waals surface area contributed by atoms with Crippen molar-refractivity contribution in [2.75, 3.05) is 0 Å². The van der Waals surface area contributed by atoms with Crippen LogP contribution >= 0.6 is 31.9 Å². The Bertz CT molecular complexity index is 792. The Labute approximate surface area is 131 Å². The van der Waals surface area contributed by atoms with Crippen LogP contribution in [0.1, 0.15) is 0 Å². The van der Waals surface area contributed by atoms with E-state index >= 15 is 0 Å². The van der Waals surface area contributed by atoms with Crippen LogP contribution < -0.4 is 4.74 Å². The molecule has 0 aliphatic carbocycles. The molecule has 2 aromatic carbocycles. The van der Waals surface area contributed by atoms with Gasteiger partial charge < -0.3 is 4.74 Å². The topological polar surface area (TPSA) is 22.1 Å². The van der Waals surface area contributed by atoms with Crippen LogP contribution in [0.5, 0.6) is 11.6 Å². The molecule has 0 bridgehead atoms. The van der Waals surface area contributed by atoms with Gasteiger partial charge in [0, 0.05) is 10.7 Å². The van der Waals surface area contributed by atoms with E-state index in [0.717, 1.165) is 15.2 Å². The van der Waals surface area contributed by atoms with Crippen LogP contribution in [0.15, 0.2) is 57.6 Å². The van der Waals surface area contributed by atoms with Gasteiger partial charge in [-0.05, 0) is 54.8 Å². The number of benzene rings is 2. The molecular formula is C15H8Br2FNO. The second-order valence-corrected chi connectivity index (χ2v) is 5.85. The molecule has 1 heterocycles. The van der Waals surface area contributed by atoms with Gasteiger partial charge in [0.05, 0.1) is 4.47 Å². The molecule has 2 nitrogen and oxygen atoms in total. The smallest absolute Gasteiger partial charge is 0.255 e. The molecule has 0 atom stereocenters. The zero-order chi connectivity index (χ0) is 14.1. The molecule has 0 aliphatic heterocycles. The highest BCUT2D eigenvalue weighted by molar-refractivity contribution is 9.11. The molecule has 0 fully saturated rings. The van der Waals surface area contributed by atoms with Crippen LogP contribution in [0.25, 0.3) is 10.8 Å². The maximum atomic E-state index is 13.7. The van der Waals surface area contributed by atoms with Crippen LogP contribution in [-0.4, -0.2) is 4.98 Å². The average molecular weight is 397 g/mol. The van der Waals surface area contributed by atoms with E-state index in [1.807, 2.05) is 30.3 Å². The standard InChI is InChI=1S/C15H8Br2FNO/c16-10-7-12(18)15(19-8-10)20-13-6-5-9-3-1-2-4-11(9)14(13)17/h1-8H. The molecule has 5 heteroatoms. The van der Waals surface area contributed by atoms with Gasteiger partial charge in [-0.2, -0.15) is 0 Å². The van der Waals surface area contributed by atoms with Gasteiger partial charge in [-0.1, -0.05) is 30.3 Å². The van der Waals surface area contributed by atoms with Gasteiger partial charge in [0.2, 0.25) is 0 Å². The Kier molecular flexibility index (Phi) is 3.72. The fraction of sp³-hybridized carbons (Fsp3) is 0. The molecule has 0 unspecified atom stereocenters. The van der Waals surface area contributed by atoms with Crippen molar-refractivity contribution in [1.29, 1.82) is 0 Å². The number of aromatic nitrogens is 1. The monoisotopic (exact) mass is 395 g/mol. The highest BCUT2D eigenvalue weighted by Gasteiger charge is 2.11. The Morgan fingerprint density at radius 2 is 1.85 bits per heavy atom. The zero-order valence-electron chi connectivity index (χ0n) is 10.1. The van der Waals surface area contributed by atoms with Crippen molar-refractivity contribution in [3.8, 4) is 11.6 Å². The minimum absolute atomic E-state index is 0.0517. The third-order valence-electron chi connectivity index (χ3n) is 2.81. The highest BCUT2D eigenvalue weighted by Crippen LogP contribution is 2.36. The van der Waals surface area contributed by atoms with Crippen molar-refractivity contribution in [1.82, 2.24) is 4.98 Å². The molecule has 0 saturated carbocycles. The van der Waals surface area contributed by atoms with Crippen molar-refractivity contribution >= 4 is 42.6 Å². The fourth-order valence-corrected chi connectivity index (χ4v) is 2.75. The number of halogens is 3. The van der Waals surface area contributed by atoms with Crippen LogP contribution in [0.2, 0.25) is 0 Å². The fourth-order valence-electron chi connectivity index (χ4n) is 1.87. The lowest BCUT2D eigenvalue weighted by Crippen LogP contribution is -1.93. The lowest BCUT2D eigenvalue weighted by atomic mass is 10.1. The summed E-state index contributed by atoms with van der Waals surface area (Å²) in [6.45, 7) is 0. The quantitative estimate of drug-likeness (QED) is 0.555. The zero-order valence-corrected chi connectivity index (χ0v) is 13.3. The molecular weight excluding hydrogens is 389 g/mol. The summed E-state index contributed by atoms with van der Waals surface area (Å²) in [6.07, 6.45) is 1.49. The van der Waals surface area contributed by atoms with Crippen molar-refractivity contribution in [2.24, 2.45) is 0 Å². The number of hydrogen-bond donors (Lipinski definition) is 0. The molecule has 0 aliphatic rings. The maximum absolute atomic E-state index is 13.7. The second-order valence-electron chi connectivity index (χ2n) is 4.14. The number of pyridine rings is 1. The number of fused-ring (bicyclic) bond motifs is 1. The van der Waals surface area contributed by atoms with Crippen molar-refractivity contribution in [3.05, 3.63) is 63.4 Å². The minimum Gasteiger partial charge on any atom is -0.435 e. The number of hydrogen-bond acceptors (Lipinski definition) is 2. The molecule has 20 heavy (non-hydrogen) atoms. The van der Waals surface area contributed by atoms with Crippen LogP contribution in [0, 0.1) is 5.82 Å². The third kappa shape index (κ3) is 2.55. The van der Waals surface area contributed by atoms with Gasteiger partial charge in [0.15, 0.2) is 5.82 Å². The summed E-state index contributed by atoms with van der Waals surface area (Å²) in [7, 11) is 0. The van der Waals surface area contributed by atoms with Crippen molar-refractivity contribution in [2.45, 2.75) is 0 Å². The van der Waals surface area contributed by atoms with E-state index in [0.29, 0.717) is 10.2 Å². The van der Waals surface area contributed by atoms with Crippen molar-refractivity contribution in [3.63, 3.8) is 0 Å². The van der Waals surface area contributed by atoms with Crippen LogP contribution in [0.3, 0.4) is 0 Å². The van der Waals surface area contributed by atoms with Gasteiger partial charge in [0.25, 0.3) is 5.88 Å². The molecule has 0 spiro atoms. The lowest BCUT2D eigenvalue weighted by Gasteiger charge is -2.10. The predicted molar refractivity (Wildman–Crippen MR) is 83.6 cm³/mol. The summed E-state index contributed by atoms with van der Waals surface area (Å²) in [5.74, 6) is -0.0407. The van der Waals surface area contributed by atoms with E-state index in [1.165, 1.54) is 12.3 Å². The summed E-state index contributed by atoms with van der Waals surface area (Å²) >= 11 is 6.66. The first-order valence-electron chi connectivity index (χ1n) is 5.81. The summed E-state index contributed by atoms with van der Waals surface area (Å²) < 4.78 is 20.6. The van der Waals surface area contributed by atoms with Gasteiger partial charge in [-0.25, -0.2) is 9.37 Å². The van der Waals surface area contributed by atoms with E-state index in [9.17, 15) is 4.39 Å².